The fourth-order valence-electron chi connectivity index (χ4n) is 1.64. The van der Waals surface area contributed by atoms with E-state index in [0.717, 1.165) is 10.5 Å². The molecule has 0 heterocycles. The minimum Gasteiger partial charge on any atom is -0.396 e. The quantitative estimate of drug-likeness (QED) is 0.502. The lowest BCUT2D eigenvalue weighted by molar-refractivity contribution is -0.385. The first kappa shape index (κ1) is 14.9. The molecule has 21 heavy (non-hydrogen) atoms. The molecule has 1 amide bonds. The van der Waals surface area contributed by atoms with Crippen LogP contribution in [0.2, 0.25) is 0 Å². The van der Waals surface area contributed by atoms with Gasteiger partial charge in [0.25, 0.3) is 11.6 Å². The molecule has 0 saturated carbocycles. The van der Waals surface area contributed by atoms with Crippen LogP contribution in [0.15, 0.2) is 40.9 Å². The van der Waals surface area contributed by atoms with E-state index < -0.39 is 22.3 Å². The van der Waals surface area contributed by atoms with Gasteiger partial charge in [-0.05, 0) is 30.3 Å². The summed E-state index contributed by atoms with van der Waals surface area (Å²) < 4.78 is 14.1. The number of carbonyl (C=O) groups is 1. The molecule has 2 rings (SSSR count). The van der Waals surface area contributed by atoms with Crippen LogP contribution in [0.3, 0.4) is 0 Å². The lowest BCUT2D eigenvalue weighted by Gasteiger charge is -2.07. The summed E-state index contributed by atoms with van der Waals surface area (Å²) in [5, 5.41) is 13.4. The number of nitrogens with two attached hydrogens (primary N) is 1. The third-order valence-corrected chi connectivity index (χ3v) is 3.19. The third-order valence-electron chi connectivity index (χ3n) is 2.66. The Hall–Kier alpha value is -2.48. The van der Waals surface area contributed by atoms with Gasteiger partial charge in [-0.3, -0.25) is 14.9 Å². The smallest absolute Gasteiger partial charge is 0.285 e. The maximum atomic E-state index is 13.3. The average molecular weight is 354 g/mol. The van der Waals surface area contributed by atoms with Crippen LogP contribution in [-0.2, 0) is 0 Å². The van der Waals surface area contributed by atoms with Gasteiger partial charge < -0.3 is 11.1 Å². The van der Waals surface area contributed by atoms with Crippen molar-refractivity contribution in [3.63, 3.8) is 0 Å². The number of nitrogens with one attached hydrogen (secondary N) is 1. The Morgan fingerprint density at radius 3 is 2.48 bits per heavy atom. The van der Waals surface area contributed by atoms with Crippen LogP contribution in [0.25, 0.3) is 0 Å². The van der Waals surface area contributed by atoms with E-state index in [1.807, 2.05) is 0 Å². The molecular weight excluding hydrogens is 345 g/mol. The molecule has 0 atom stereocenters. The number of anilines is 2. The van der Waals surface area contributed by atoms with Crippen LogP contribution in [0, 0.1) is 15.9 Å². The summed E-state index contributed by atoms with van der Waals surface area (Å²) in [6, 6.07) is 8.20. The van der Waals surface area contributed by atoms with E-state index in [1.165, 1.54) is 0 Å². The van der Waals surface area contributed by atoms with Gasteiger partial charge in [0, 0.05) is 10.2 Å². The molecule has 6 nitrogen and oxygen atoms in total. The van der Waals surface area contributed by atoms with Crippen LogP contribution in [-0.4, -0.2) is 10.8 Å². The Morgan fingerprint density at radius 1 is 1.29 bits per heavy atom. The van der Waals surface area contributed by atoms with Gasteiger partial charge in [-0.2, -0.15) is 0 Å². The van der Waals surface area contributed by atoms with Crippen LogP contribution >= 0.6 is 15.9 Å². The third kappa shape index (κ3) is 3.34. The number of hydrogen-bond donors (Lipinski definition) is 2. The van der Waals surface area contributed by atoms with Crippen molar-refractivity contribution in [2.75, 3.05) is 11.1 Å². The number of amides is 1. The molecule has 0 aliphatic carbocycles. The second-order valence-corrected chi connectivity index (χ2v) is 5.02. The molecule has 3 N–H and O–H groups in total. The van der Waals surface area contributed by atoms with E-state index in [9.17, 15) is 19.3 Å². The Bertz CT molecular complexity index is 719. The SMILES string of the molecule is Nc1cc(C(=O)Nc2ccc(Br)cc2)c([N+](=O)[O-])cc1F. The molecule has 0 saturated heterocycles. The highest BCUT2D eigenvalue weighted by Gasteiger charge is 2.23. The van der Waals surface area contributed by atoms with Crippen molar-refractivity contribution in [3.05, 3.63) is 62.4 Å². The van der Waals surface area contributed by atoms with Gasteiger partial charge in [-0.15, -0.1) is 0 Å². The van der Waals surface area contributed by atoms with Crippen LogP contribution in [0.1, 0.15) is 10.4 Å². The molecule has 108 valence electrons. The monoisotopic (exact) mass is 353 g/mol. The summed E-state index contributed by atoms with van der Waals surface area (Å²) in [6.07, 6.45) is 0. The van der Waals surface area contributed by atoms with Gasteiger partial charge in [0.15, 0.2) is 5.82 Å². The Kier molecular flexibility index (Phi) is 4.18. The van der Waals surface area contributed by atoms with Gasteiger partial charge in [0.2, 0.25) is 0 Å². The Morgan fingerprint density at radius 2 is 1.90 bits per heavy atom. The van der Waals surface area contributed by atoms with Crippen LogP contribution < -0.4 is 11.1 Å². The van der Waals surface area contributed by atoms with Crippen molar-refractivity contribution >= 4 is 38.9 Å². The number of nitro benzene ring substituents is 1. The van der Waals surface area contributed by atoms with E-state index in [0.29, 0.717) is 11.8 Å². The zero-order valence-corrected chi connectivity index (χ0v) is 12.1. The van der Waals surface area contributed by atoms with Crippen molar-refractivity contribution in [1.29, 1.82) is 0 Å². The number of nitrogen functional groups attached to an aromatic ring is 1. The number of nitrogens with zero attached hydrogens (tertiary/aromatic N) is 1. The van der Waals surface area contributed by atoms with E-state index >= 15 is 0 Å². The fourth-order valence-corrected chi connectivity index (χ4v) is 1.91. The molecule has 0 fully saturated rings. The highest BCUT2D eigenvalue weighted by atomic mass is 79.9. The van der Waals surface area contributed by atoms with Gasteiger partial charge in [0.1, 0.15) is 5.56 Å². The molecule has 0 aliphatic rings. The topological polar surface area (TPSA) is 98.3 Å². The summed E-state index contributed by atoms with van der Waals surface area (Å²) in [4.78, 5) is 22.1. The van der Waals surface area contributed by atoms with Gasteiger partial charge >= 0.3 is 0 Å². The first-order chi connectivity index (χ1) is 9.88. The highest BCUT2D eigenvalue weighted by molar-refractivity contribution is 9.10. The minimum absolute atomic E-state index is 0.304. The van der Waals surface area contributed by atoms with Crippen molar-refractivity contribution in [1.82, 2.24) is 0 Å². The van der Waals surface area contributed by atoms with Crippen LogP contribution in [0.4, 0.5) is 21.5 Å². The molecule has 0 aromatic heterocycles. The zero-order valence-electron chi connectivity index (χ0n) is 10.5. The summed E-state index contributed by atoms with van der Waals surface area (Å²) >= 11 is 3.24. The van der Waals surface area contributed by atoms with Crippen molar-refractivity contribution in [2.24, 2.45) is 0 Å². The fraction of sp³-hybridized carbons (Fsp3) is 0. The second-order valence-electron chi connectivity index (χ2n) is 4.11. The number of nitro groups is 1. The van der Waals surface area contributed by atoms with Gasteiger partial charge in [-0.1, -0.05) is 15.9 Å². The lowest BCUT2D eigenvalue weighted by Crippen LogP contribution is -2.15. The summed E-state index contributed by atoms with van der Waals surface area (Å²) in [5.41, 5.74) is 4.52. The zero-order chi connectivity index (χ0) is 15.6. The molecular formula is C13H9BrFN3O3. The molecule has 0 aliphatic heterocycles. The lowest BCUT2D eigenvalue weighted by atomic mass is 10.1. The first-order valence-electron chi connectivity index (χ1n) is 5.69. The van der Waals surface area contributed by atoms with E-state index in [2.05, 4.69) is 21.2 Å². The number of hydrogen-bond acceptors (Lipinski definition) is 4. The standard InChI is InChI=1S/C13H9BrFN3O3/c14-7-1-3-8(4-2-7)17-13(19)9-5-11(16)10(15)6-12(9)18(20)21/h1-6H,16H2,(H,17,19). The predicted octanol–water partition coefficient (Wildman–Crippen LogP) is 3.33. The van der Waals surface area contributed by atoms with Gasteiger partial charge in [-0.25, -0.2) is 4.39 Å². The summed E-state index contributed by atoms with van der Waals surface area (Å²) in [7, 11) is 0. The van der Waals surface area contributed by atoms with Crippen LogP contribution in [0.5, 0.6) is 0 Å². The maximum absolute atomic E-state index is 13.3. The molecule has 0 radical (unpaired) electrons. The molecule has 0 unspecified atom stereocenters. The Labute approximate surface area is 127 Å². The number of rotatable bonds is 3. The first-order valence-corrected chi connectivity index (χ1v) is 6.48. The summed E-state index contributed by atoms with van der Waals surface area (Å²) in [5.74, 6) is -1.68. The molecule has 0 bridgehead atoms. The average Bonchev–Trinajstić information content (AvgIpc) is 2.43. The minimum atomic E-state index is -0.943. The van der Waals surface area contributed by atoms with Crippen molar-refractivity contribution in [3.8, 4) is 0 Å². The second kappa shape index (κ2) is 5.88. The van der Waals surface area contributed by atoms with Crippen molar-refractivity contribution < 1.29 is 14.1 Å². The Balaban J connectivity index is 2.36. The maximum Gasteiger partial charge on any atom is 0.285 e. The number of carbonyl (C=O) groups excluding carboxylic acids is 1. The molecule has 0 spiro atoms. The van der Waals surface area contributed by atoms with Crippen molar-refractivity contribution in [2.45, 2.75) is 0 Å². The van der Waals surface area contributed by atoms with Gasteiger partial charge in [0.05, 0.1) is 16.7 Å². The van der Waals surface area contributed by atoms with E-state index in [4.69, 9.17) is 5.73 Å². The normalized spacial score (nSPS) is 10.2. The number of halogens is 2. The van der Waals surface area contributed by atoms with E-state index in [1.54, 1.807) is 24.3 Å². The van der Waals surface area contributed by atoms with E-state index in [-0.39, 0.29) is 11.3 Å². The highest BCUT2D eigenvalue weighted by Crippen LogP contribution is 2.25. The molecule has 2 aromatic carbocycles. The molecule has 8 heteroatoms. The molecule has 2 aromatic rings. The summed E-state index contributed by atoms with van der Waals surface area (Å²) in [6.45, 7) is 0. The largest absolute Gasteiger partial charge is 0.396 e. The number of benzene rings is 2. The predicted molar refractivity (Wildman–Crippen MR) is 79.6 cm³/mol.